The summed E-state index contributed by atoms with van der Waals surface area (Å²) in [6, 6.07) is 0.304. The molecule has 1 saturated heterocycles. The largest absolute Gasteiger partial charge is 0.444 e. The molecule has 21 heavy (non-hydrogen) atoms. The third kappa shape index (κ3) is 2.60. The summed E-state index contributed by atoms with van der Waals surface area (Å²) < 4.78 is 7.47. The molecule has 0 radical (unpaired) electrons. The fourth-order valence-corrected chi connectivity index (χ4v) is 3.45. The molecule has 2 aromatic rings. The maximum absolute atomic E-state index is 6.43. The van der Waals surface area contributed by atoms with E-state index in [1.807, 2.05) is 27.8 Å². The quantitative estimate of drug-likeness (QED) is 0.872. The maximum Gasteiger partial charge on any atom is 0.208 e. The molecule has 1 fully saturated rings. The zero-order valence-corrected chi connectivity index (χ0v) is 13.7. The first-order chi connectivity index (χ1) is 9.97. The van der Waals surface area contributed by atoms with Crippen LogP contribution in [-0.4, -0.2) is 26.2 Å². The minimum atomic E-state index is 0.304. The van der Waals surface area contributed by atoms with Crippen LogP contribution in [0.5, 0.6) is 0 Å². The van der Waals surface area contributed by atoms with E-state index in [4.69, 9.17) is 16.0 Å². The summed E-state index contributed by atoms with van der Waals surface area (Å²) in [5.41, 5.74) is 3.13. The summed E-state index contributed by atoms with van der Waals surface area (Å²) in [4.78, 5) is 6.88. The van der Waals surface area contributed by atoms with Gasteiger partial charge in [0.2, 0.25) is 5.89 Å². The van der Waals surface area contributed by atoms with E-state index in [9.17, 15) is 0 Å². The maximum atomic E-state index is 6.43. The molecule has 0 N–H and O–H groups in total. The monoisotopic (exact) mass is 308 g/mol. The third-order valence-corrected chi connectivity index (χ3v) is 4.75. The van der Waals surface area contributed by atoms with Gasteiger partial charge >= 0.3 is 0 Å². The highest BCUT2D eigenvalue weighted by atomic mass is 35.5. The number of nitrogens with zero attached hydrogens (tertiary/aromatic N) is 4. The topological polar surface area (TPSA) is 47.1 Å². The lowest BCUT2D eigenvalue weighted by Crippen LogP contribution is -2.23. The second-order valence-corrected chi connectivity index (χ2v) is 6.15. The van der Waals surface area contributed by atoms with Crippen molar-refractivity contribution >= 4 is 11.6 Å². The molecule has 0 aromatic carbocycles. The number of aryl methyl sites for hydroxylation is 4. The summed E-state index contributed by atoms with van der Waals surface area (Å²) in [5.74, 6) is 1.69. The molecule has 1 aliphatic rings. The van der Waals surface area contributed by atoms with Crippen LogP contribution in [-0.2, 0) is 13.6 Å². The Morgan fingerprint density at radius 1 is 1.29 bits per heavy atom. The van der Waals surface area contributed by atoms with Gasteiger partial charge in [-0.1, -0.05) is 11.6 Å². The Morgan fingerprint density at radius 2 is 2.05 bits per heavy atom. The highest BCUT2D eigenvalue weighted by Crippen LogP contribution is 2.38. The Labute approximate surface area is 129 Å². The summed E-state index contributed by atoms with van der Waals surface area (Å²) in [6.07, 6.45) is 2.26. The van der Waals surface area contributed by atoms with Crippen LogP contribution in [0, 0.1) is 20.8 Å². The Hall–Kier alpha value is -1.33. The van der Waals surface area contributed by atoms with Crippen molar-refractivity contribution in [1.29, 1.82) is 0 Å². The molecular formula is C15H21ClN4O. The van der Waals surface area contributed by atoms with E-state index in [-0.39, 0.29) is 0 Å². The van der Waals surface area contributed by atoms with Gasteiger partial charge in [-0.3, -0.25) is 9.58 Å². The van der Waals surface area contributed by atoms with E-state index in [1.165, 1.54) is 0 Å². The van der Waals surface area contributed by atoms with E-state index in [2.05, 4.69) is 15.0 Å². The van der Waals surface area contributed by atoms with Gasteiger partial charge in [0, 0.05) is 18.7 Å². The number of rotatable bonds is 3. The summed E-state index contributed by atoms with van der Waals surface area (Å²) in [6.45, 7) is 7.72. The number of halogens is 1. The lowest BCUT2D eigenvalue weighted by Gasteiger charge is -2.23. The smallest absolute Gasteiger partial charge is 0.208 e. The minimum absolute atomic E-state index is 0.304. The van der Waals surface area contributed by atoms with Gasteiger partial charge in [-0.2, -0.15) is 5.10 Å². The normalized spacial score (nSPS) is 19.6. The summed E-state index contributed by atoms with van der Waals surface area (Å²) >= 11 is 6.43. The van der Waals surface area contributed by atoms with Crippen LogP contribution in [0.2, 0.25) is 5.15 Å². The van der Waals surface area contributed by atoms with Gasteiger partial charge < -0.3 is 4.42 Å². The Kier molecular flexibility index (Phi) is 3.80. The average molecular weight is 309 g/mol. The van der Waals surface area contributed by atoms with Crippen LogP contribution in [0.15, 0.2) is 4.42 Å². The van der Waals surface area contributed by atoms with Crippen LogP contribution in [0.4, 0.5) is 0 Å². The van der Waals surface area contributed by atoms with Crippen LogP contribution in [0.3, 0.4) is 0 Å². The molecule has 0 aliphatic carbocycles. The molecule has 0 saturated carbocycles. The molecule has 3 heterocycles. The van der Waals surface area contributed by atoms with Crippen LogP contribution in [0.1, 0.15) is 47.5 Å². The van der Waals surface area contributed by atoms with E-state index in [0.717, 1.165) is 59.7 Å². The molecule has 1 atom stereocenters. The SMILES string of the molecule is Cc1nc(CN2CCC[C@@H]2c2c(C)nn(C)c2Cl)oc1C. The van der Waals surface area contributed by atoms with Gasteiger partial charge in [-0.25, -0.2) is 4.98 Å². The van der Waals surface area contributed by atoms with Crippen molar-refractivity contribution in [2.75, 3.05) is 6.54 Å². The van der Waals surface area contributed by atoms with Gasteiger partial charge in [-0.15, -0.1) is 0 Å². The van der Waals surface area contributed by atoms with E-state index in [0.29, 0.717) is 6.04 Å². The van der Waals surface area contributed by atoms with Crippen molar-refractivity contribution in [1.82, 2.24) is 19.7 Å². The number of oxazole rings is 1. The van der Waals surface area contributed by atoms with Gasteiger partial charge in [0.1, 0.15) is 10.9 Å². The number of likely N-dealkylation sites (tertiary alicyclic amines) is 1. The molecule has 3 rings (SSSR count). The number of hydrogen-bond donors (Lipinski definition) is 0. The predicted molar refractivity (Wildman–Crippen MR) is 81.3 cm³/mol. The molecule has 1 aliphatic heterocycles. The highest BCUT2D eigenvalue weighted by Gasteiger charge is 2.32. The summed E-state index contributed by atoms with van der Waals surface area (Å²) in [7, 11) is 1.89. The molecule has 0 unspecified atom stereocenters. The molecule has 0 bridgehead atoms. The molecule has 114 valence electrons. The molecule has 0 amide bonds. The van der Waals surface area contributed by atoms with Crippen molar-refractivity contribution in [3.8, 4) is 0 Å². The molecular weight excluding hydrogens is 288 g/mol. The highest BCUT2D eigenvalue weighted by molar-refractivity contribution is 6.30. The first kappa shape index (κ1) is 14.6. The van der Waals surface area contributed by atoms with Crippen molar-refractivity contribution < 1.29 is 4.42 Å². The first-order valence-corrected chi connectivity index (χ1v) is 7.71. The van der Waals surface area contributed by atoms with Crippen LogP contribution < -0.4 is 0 Å². The van der Waals surface area contributed by atoms with Crippen LogP contribution in [0.25, 0.3) is 0 Å². The van der Waals surface area contributed by atoms with Crippen molar-refractivity contribution in [2.45, 2.75) is 46.2 Å². The Morgan fingerprint density at radius 3 is 2.62 bits per heavy atom. The first-order valence-electron chi connectivity index (χ1n) is 7.33. The van der Waals surface area contributed by atoms with E-state index < -0.39 is 0 Å². The lowest BCUT2D eigenvalue weighted by molar-refractivity contribution is 0.221. The second-order valence-electron chi connectivity index (χ2n) is 5.79. The predicted octanol–water partition coefficient (Wildman–Crippen LogP) is 3.32. The van der Waals surface area contributed by atoms with E-state index in [1.54, 1.807) is 4.68 Å². The second kappa shape index (κ2) is 5.46. The number of hydrogen-bond acceptors (Lipinski definition) is 4. The summed E-state index contributed by atoms with van der Waals surface area (Å²) in [5, 5.41) is 5.17. The fourth-order valence-electron chi connectivity index (χ4n) is 3.15. The standard InChI is InChI=1S/C15H21ClN4O/c1-9-11(3)21-13(17-9)8-20-7-5-6-12(20)14-10(2)18-19(4)15(14)16/h12H,5-8H2,1-4H3/t12-/m1/s1. The Bertz CT molecular complexity index is 641. The minimum Gasteiger partial charge on any atom is -0.444 e. The Balaban J connectivity index is 1.85. The van der Waals surface area contributed by atoms with Crippen molar-refractivity contribution in [2.24, 2.45) is 7.05 Å². The van der Waals surface area contributed by atoms with Crippen molar-refractivity contribution in [3.05, 3.63) is 33.8 Å². The third-order valence-electron chi connectivity index (χ3n) is 4.30. The zero-order chi connectivity index (χ0) is 15.1. The number of aromatic nitrogens is 3. The van der Waals surface area contributed by atoms with Crippen molar-refractivity contribution in [3.63, 3.8) is 0 Å². The molecule has 6 heteroatoms. The van der Waals surface area contributed by atoms with Gasteiger partial charge in [0.05, 0.1) is 17.9 Å². The molecule has 5 nitrogen and oxygen atoms in total. The zero-order valence-electron chi connectivity index (χ0n) is 13.0. The van der Waals surface area contributed by atoms with Crippen LogP contribution >= 0.6 is 11.6 Å². The van der Waals surface area contributed by atoms with Gasteiger partial charge in [-0.05, 0) is 40.2 Å². The van der Waals surface area contributed by atoms with Gasteiger partial charge in [0.15, 0.2) is 0 Å². The van der Waals surface area contributed by atoms with Gasteiger partial charge in [0.25, 0.3) is 0 Å². The average Bonchev–Trinajstić information content (AvgIpc) is 3.04. The van der Waals surface area contributed by atoms with E-state index >= 15 is 0 Å². The lowest BCUT2D eigenvalue weighted by atomic mass is 10.1. The molecule has 0 spiro atoms. The fraction of sp³-hybridized carbons (Fsp3) is 0.600. The molecule has 2 aromatic heterocycles.